The van der Waals surface area contributed by atoms with Crippen LogP contribution in [-0.4, -0.2) is 21.8 Å². The van der Waals surface area contributed by atoms with Crippen molar-refractivity contribution in [2.75, 3.05) is 0 Å². The molecule has 132 valence electrons. The summed E-state index contributed by atoms with van der Waals surface area (Å²) in [5.74, 6) is -1.88. The molecule has 0 aliphatic carbocycles. The Hall–Kier alpha value is -3.74. The van der Waals surface area contributed by atoms with Crippen LogP contribution in [0.1, 0.15) is 11.1 Å². The monoisotopic (exact) mass is 363 g/mol. The molecule has 0 saturated carbocycles. The fourth-order valence-corrected chi connectivity index (χ4v) is 3.58. The van der Waals surface area contributed by atoms with Gasteiger partial charge in [-0.05, 0) is 36.4 Å². The van der Waals surface area contributed by atoms with Gasteiger partial charge in [-0.2, -0.15) is 0 Å². The van der Waals surface area contributed by atoms with Crippen LogP contribution in [0.15, 0.2) is 48.8 Å². The quantitative estimate of drug-likeness (QED) is 0.477. The summed E-state index contributed by atoms with van der Waals surface area (Å²) in [7, 11) is 0. The lowest BCUT2D eigenvalue weighted by atomic mass is 9.95. The summed E-state index contributed by atoms with van der Waals surface area (Å²) in [6.07, 6.45) is 3.15. The van der Waals surface area contributed by atoms with Gasteiger partial charge in [-0.1, -0.05) is 0 Å². The minimum atomic E-state index is -0.531. The average Bonchev–Trinajstić information content (AvgIpc) is 3.29. The number of imide groups is 1. The molecule has 27 heavy (non-hydrogen) atoms. The maximum atomic E-state index is 13.5. The number of aromatic nitrogens is 2. The molecular formula is C20H11F2N3O2. The van der Waals surface area contributed by atoms with Crippen molar-refractivity contribution in [1.29, 1.82) is 0 Å². The van der Waals surface area contributed by atoms with Crippen LogP contribution in [0.3, 0.4) is 0 Å². The van der Waals surface area contributed by atoms with Crippen LogP contribution in [0.2, 0.25) is 0 Å². The molecule has 2 aromatic carbocycles. The van der Waals surface area contributed by atoms with E-state index in [2.05, 4.69) is 15.3 Å². The van der Waals surface area contributed by atoms with E-state index in [-0.39, 0.29) is 11.1 Å². The second kappa shape index (κ2) is 5.38. The van der Waals surface area contributed by atoms with Crippen molar-refractivity contribution in [3.05, 3.63) is 71.6 Å². The van der Waals surface area contributed by atoms with Crippen molar-refractivity contribution in [2.45, 2.75) is 0 Å². The number of rotatable bonds is 2. The predicted molar refractivity (Wildman–Crippen MR) is 96.5 cm³/mol. The van der Waals surface area contributed by atoms with E-state index < -0.39 is 23.4 Å². The van der Waals surface area contributed by atoms with Crippen LogP contribution in [0.4, 0.5) is 8.78 Å². The number of carbonyl (C=O) groups is 2. The van der Waals surface area contributed by atoms with Gasteiger partial charge in [-0.25, -0.2) is 8.78 Å². The molecule has 7 heteroatoms. The van der Waals surface area contributed by atoms with Gasteiger partial charge < -0.3 is 9.97 Å². The normalized spacial score (nSPS) is 14.6. The SMILES string of the molecule is O=C1NC(=O)C(c2c[nH]c3cc(F)ccc23)=C1c1c[nH]c2cc(F)ccc12. The van der Waals surface area contributed by atoms with E-state index >= 15 is 0 Å². The summed E-state index contributed by atoms with van der Waals surface area (Å²) in [4.78, 5) is 30.9. The third-order valence-electron chi connectivity index (χ3n) is 4.76. The zero-order valence-corrected chi connectivity index (χ0v) is 13.7. The van der Waals surface area contributed by atoms with Gasteiger partial charge in [-0.15, -0.1) is 0 Å². The van der Waals surface area contributed by atoms with Gasteiger partial charge in [-0.3, -0.25) is 14.9 Å². The second-order valence-corrected chi connectivity index (χ2v) is 6.32. The fourth-order valence-electron chi connectivity index (χ4n) is 3.58. The minimum absolute atomic E-state index is 0.197. The molecule has 2 amide bonds. The smallest absolute Gasteiger partial charge is 0.259 e. The number of benzene rings is 2. The van der Waals surface area contributed by atoms with Crippen LogP contribution in [0.25, 0.3) is 33.0 Å². The summed E-state index contributed by atoms with van der Waals surface area (Å²) in [6.45, 7) is 0. The molecular weight excluding hydrogens is 352 g/mol. The van der Waals surface area contributed by atoms with Crippen molar-refractivity contribution in [2.24, 2.45) is 0 Å². The van der Waals surface area contributed by atoms with Gasteiger partial charge in [0.25, 0.3) is 11.8 Å². The number of carbonyl (C=O) groups excluding carboxylic acids is 2. The van der Waals surface area contributed by atoms with E-state index in [1.54, 1.807) is 24.5 Å². The molecule has 5 nitrogen and oxygen atoms in total. The number of hydrogen-bond acceptors (Lipinski definition) is 2. The van der Waals surface area contributed by atoms with Gasteiger partial charge in [0.1, 0.15) is 11.6 Å². The third kappa shape index (κ3) is 2.21. The second-order valence-electron chi connectivity index (χ2n) is 6.32. The van der Waals surface area contributed by atoms with Crippen molar-refractivity contribution in [1.82, 2.24) is 15.3 Å². The molecule has 3 N–H and O–H groups in total. The molecule has 0 fully saturated rings. The molecule has 1 aliphatic rings. The van der Waals surface area contributed by atoms with Crippen LogP contribution >= 0.6 is 0 Å². The topological polar surface area (TPSA) is 77.8 Å². The van der Waals surface area contributed by atoms with Crippen LogP contribution in [-0.2, 0) is 9.59 Å². The number of aromatic amines is 2. The van der Waals surface area contributed by atoms with E-state index in [1.807, 2.05) is 0 Å². The molecule has 0 atom stereocenters. The summed E-state index contributed by atoms with van der Waals surface area (Å²) in [6, 6.07) is 8.35. The standard InChI is InChI=1S/C20H11F2N3O2/c21-9-1-3-11-13(7-23-15(11)5-9)17-18(20(27)25-19(17)26)14-8-24-16-6-10(22)2-4-12(14)16/h1-8,23-24H,(H,25,26,27). The first-order valence-corrected chi connectivity index (χ1v) is 8.17. The zero-order chi connectivity index (χ0) is 18.7. The van der Waals surface area contributed by atoms with Crippen molar-refractivity contribution in [3.63, 3.8) is 0 Å². The van der Waals surface area contributed by atoms with E-state index in [0.29, 0.717) is 32.9 Å². The maximum absolute atomic E-state index is 13.5. The Morgan fingerprint density at radius 1 is 0.667 bits per heavy atom. The minimum Gasteiger partial charge on any atom is -0.360 e. The molecule has 5 rings (SSSR count). The van der Waals surface area contributed by atoms with E-state index in [9.17, 15) is 18.4 Å². The highest BCUT2D eigenvalue weighted by molar-refractivity contribution is 6.50. The molecule has 2 aromatic heterocycles. The predicted octanol–water partition coefficient (Wildman–Crippen LogP) is 3.49. The Labute approximate surface area is 150 Å². The van der Waals surface area contributed by atoms with E-state index in [4.69, 9.17) is 0 Å². The van der Waals surface area contributed by atoms with Gasteiger partial charge in [0.05, 0.1) is 11.1 Å². The highest BCUT2D eigenvalue weighted by atomic mass is 19.1. The lowest BCUT2D eigenvalue weighted by molar-refractivity contribution is -0.122. The highest BCUT2D eigenvalue weighted by Gasteiger charge is 2.34. The lowest BCUT2D eigenvalue weighted by Crippen LogP contribution is -2.22. The molecule has 1 aliphatic heterocycles. The summed E-state index contributed by atoms with van der Waals surface area (Å²) >= 11 is 0. The van der Waals surface area contributed by atoms with Gasteiger partial charge in [0.2, 0.25) is 0 Å². The Morgan fingerprint density at radius 2 is 1.11 bits per heavy atom. The number of amides is 2. The van der Waals surface area contributed by atoms with Crippen molar-refractivity contribution >= 4 is 44.8 Å². The van der Waals surface area contributed by atoms with Crippen molar-refractivity contribution in [3.8, 4) is 0 Å². The lowest BCUT2D eigenvalue weighted by Gasteiger charge is -2.03. The number of halogens is 2. The number of H-pyrrole nitrogens is 2. The fraction of sp³-hybridized carbons (Fsp3) is 0. The van der Waals surface area contributed by atoms with Gasteiger partial charge >= 0.3 is 0 Å². The van der Waals surface area contributed by atoms with Crippen molar-refractivity contribution < 1.29 is 18.4 Å². The van der Waals surface area contributed by atoms with Crippen LogP contribution < -0.4 is 5.32 Å². The number of fused-ring (bicyclic) bond motifs is 2. The summed E-state index contributed by atoms with van der Waals surface area (Å²) in [5.41, 5.74) is 2.43. The maximum Gasteiger partial charge on any atom is 0.259 e. The largest absolute Gasteiger partial charge is 0.360 e. The molecule has 0 unspecified atom stereocenters. The molecule has 0 saturated heterocycles. The Bertz CT molecular complexity index is 1210. The summed E-state index contributed by atoms with van der Waals surface area (Å²) < 4.78 is 26.9. The Morgan fingerprint density at radius 3 is 1.56 bits per heavy atom. The molecule has 4 aromatic rings. The molecule has 0 bridgehead atoms. The average molecular weight is 363 g/mol. The van der Waals surface area contributed by atoms with Gasteiger partial charge in [0, 0.05) is 45.3 Å². The molecule has 0 spiro atoms. The highest BCUT2D eigenvalue weighted by Crippen LogP contribution is 2.37. The first kappa shape index (κ1) is 15.5. The number of nitrogens with one attached hydrogen (secondary N) is 3. The Balaban J connectivity index is 1.82. The molecule has 0 radical (unpaired) electrons. The van der Waals surface area contributed by atoms with Gasteiger partial charge in [0.15, 0.2) is 0 Å². The van der Waals surface area contributed by atoms with E-state index in [0.717, 1.165) is 0 Å². The first-order valence-electron chi connectivity index (χ1n) is 8.17. The molecule has 3 heterocycles. The zero-order valence-electron chi connectivity index (χ0n) is 13.7. The van der Waals surface area contributed by atoms with E-state index in [1.165, 1.54) is 24.3 Å². The number of hydrogen-bond donors (Lipinski definition) is 3. The van der Waals surface area contributed by atoms with Crippen LogP contribution in [0.5, 0.6) is 0 Å². The third-order valence-corrected chi connectivity index (χ3v) is 4.76. The Kier molecular flexibility index (Phi) is 3.09. The summed E-state index contributed by atoms with van der Waals surface area (Å²) in [5, 5.41) is 3.57. The first-order chi connectivity index (χ1) is 13.0. The van der Waals surface area contributed by atoms with Crippen LogP contribution in [0, 0.1) is 11.6 Å².